The summed E-state index contributed by atoms with van der Waals surface area (Å²) in [4.78, 5) is 0. The van der Waals surface area contributed by atoms with Crippen LogP contribution in [0.5, 0.6) is 0 Å². The zero-order chi connectivity index (χ0) is 14.5. The lowest BCUT2D eigenvalue weighted by Crippen LogP contribution is -2.23. The number of halogens is 3. The smallest absolute Gasteiger partial charge is 0.123 e. The molecule has 0 radical (unpaired) electrons. The molecule has 106 valence electrons. The highest BCUT2D eigenvalue weighted by Gasteiger charge is 2.14. The van der Waals surface area contributed by atoms with E-state index >= 15 is 0 Å². The van der Waals surface area contributed by atoms with Crippen molar-refractivity contribution in [2.45, 2.75) is 19.4 Å². The van der Waals surface area contributed by atoms with E-state index < -0.39 is 0 Å². The third-order valence-corrected chi connectivity index (χ3v) is 4.17. The molecule has 2 aromatic carbocycles. The molecule has 0 aliphatic carbocycles. The van der Waals surface area contributed by atoms with E-state index in [4.69, 9.17) is 11.6 Å². The van der Waals surface area contributed by atoms with E-state index in [2.05, 4.69) is 53.0 Å². The van der Waals surface area contributed by atoms with Crippen LogP contribution >= 0.6 is 34.2 Å². The Kier molecular flexibility index (Phi) is 5.81. The SMILES string of the molecule is CCNC(Cc1cc(F)ccc1Cl)c1cccc(I)c1. The standard InChI is InChI=1S/C16H16ClFIN/c1-2-20-16(11-4-3-5-14(19)9-11)10-12-8-13(18)6-7-15(12)17/h3-9,16,20H,2,10H2,1H3. The second-order valence-corrected chi connectivity index (χ2v) is 6.26. The maximum absolute atomic E-state index is 13.4. The number of rotatable bonds is 5. The molecular formula is C16H16ClFIN. The van der Waals surface area contributed by atoms with Gasteiger partial charge in [0, 0.05) is 14.6 Å². The van der Waals surface area contributed by atoms with Gasteiger partial charge in [0.1, 0.15) is 5.82 Å². The predicted molar refractivity (Wildman–Crippen MR) is 90.7 cm³/mol. The lowest BCUT2D eigenvalue weighted by atomic mass is 9.98. The molecule has 0 aliphatic heterocycles. The van der Waals surface area contributed by atoms with Crippen molar-refractivity contribution in [3.05, 3.63) is 68.0 Å². The summed E-state index contributed by atoms with van der Waals surface area (Å²) in [6.45, 7) is 2.91. The van der Waals surface area contributed by atoms with Crippen LogP contribution in [0.25, 0.3) is 0 Å². The Morgan fingerprint density at radius 1 is 1.25 bits per heavy atom. The summed E-state index contributed by atoms with van der Waals surface area (Å²) in [6.07, 6.45) is 0.671. The molecule has 0 saturated heterocycles. The molecule has 1 nitrogen and oxygen atoms in total. The number of benzene rings is 2. The number of nitrogens with one attached hydrogen (secondary N) is 1. The molecule has 1 atom stereocenters. The first-order valence-electron chi connectivity index (χ1n) is 6.53. The summed E-state index contributed by atoms with van der Waals surface area (Å²) < 4.78 is 14.6. The van der Waals surface area contributed by atoms with Gasteiger partial charge in [-0.3, -0.25) is 0 Å². The minimum absolute atomic E-state index is 0.133. The molecule has 0 aromatic heterocycles. The fraction of sp³-hybridized carbons (Fsp3) is 0.250. The monoisotopic (exact) mass is 403 g/mol. The Morgan fingerprint density at radius 2 is 2.05 bits per heavy atom. The van der Waals surface area contributed by atoms with E-state index in [-0.39, 0.29) is 11.9 Å². The van der Waals surface area contributed by atoms with Crippen LogP contribution in [0.4, 0.5) is 4.39 Å². The fourth-order valence-corrected chi connectivity index (χ4v) is 2.96. The second-order valence-electron chi connectivity index (χ2n) is 4.61. The third-order valence-electron chi connectivity index (χ3n) is 3.13. The molecule has 1 N–H and O–H groups in total. The summed E-state index contributed by atoms with van der Waals surface area (Å²) >= 11 is 8.46. The van der Waals surface area contributed by atoms with Crippen molar-refractivity contribution in [3.8, 4) is 0 Å². The van der Waals surface area contributed by atoms with E-state index in [0.29, 0.717) is 11.4 Å². The topological polar surface area (TPSA) is 12.0 Å². The maximum Gasteiger partial charge on any atom is 0.123 e. The van der Waals surface area contributed by atoms with Crippen LogP contribution in [0.3, 0.4) is 0 Å². The zero-order valence-electron chi connectivity index (χ0n) is 11.2. The van der Waals surface area contributed by atoms with Gasteiger partial charge in [-0.2, -0.15) is 0 Å². The second kappa shape index (κ2) is 7.38. The summed E-state index contributed by atoms with van der Waals surface area (Å²) in [5.41, 5.74) is 2.02. The maximum atomic E-state index is 13.4. The van der Waals surface area contributed by atoms with Crippen LogP contribution < -0.4 is 5.32 Å². The Morgan fingerprint density at radius 3 is 2.75 bits per heavy atom. The average molecular weight is 404 g/mol. The van der Waals surface area contributed by atoms with Gasteiger partial charge in [0.25, 0.3) is 0 Å². The molecule has 0 heterocycles. The van der Waals surface area contributed by atoms with Crippen molar-refractivity contribution < 1.29 is 4.39 Å². The van der Waals surface area contributed by atoms with Crippen molar-refractivity contribution in [1.29, 1.82) is 0 Å². The highest BCUT2D eigenvalue weighted by Crippen LogP contribution is 2.25. The van der Waals surface area contributed by atoms with E-state index in [1.54, 1.807) is 6.07 Å². The predicted octanol–water partition coefficient (Wildman–Crippen LogP) is 4.98. The molecular weight excluding hydrogens is 388 g/mol. The first-order chi connectivity index (χ1) is 9.60. The van der Waals surface area contributed by atoms with Crippen LogP contribution in [0.2, 0.25) is 5.02 Å². The van der Waals surface area contributed by atoms with Gasteiger partial charge in [0.05, 0.1) is 0 Å². The normalized spacial score (nSPS) is 12.4. The molecule has 0 aliphatic rings. The molecule has 0 amide bonds. The quantitative estimate of drug-likeness (QED) is 0.695. The van der Waals surface area contributed by atoms with E-state index in [1.165, 1.54) is 21.3 Å². The third kappa shape index (κ3) is 4.17. The van der Waals surface area contributed by atoms with Gasteiger partial charge in [-0.25, -0.2) is 4.39 Å². The first-order valence-corrected chi connectivity index (χ1v) is 7.98. The van der Waals surface area contributed by atoms with Crippen molar-refractivity contribution in [1.82, 2.24) is 5.32 Å². The molecule has 0 bridgehead atoms. The van der Waals surface area contributed by atoms with Crippen LogP contribution in [0.15, 0.2) is 42.5 Å². The molecule has 0 saturated carbocycles. The van der Waals surface area contributed by atoms with Crippen LogP contribution in [0.1, 0.15) is 24.1 Å². The van der Waals surface area contributed by atoms with Gasteiger partial charge in [-0.05, 0) is 77.0 Å². The molecule has 2 rings (SSSR count). The van der Waals surface area contributed by atoms with Gasteiger partial charge in [0.2, 0.25) is 0 Å². The van der Waals surface area contributed by atoms with Crippen molar-refractivity contribution >= 4 is 34.2 Å². The highest BCUT2D eigenvalue weighted by atomic mass is 127. The van der Waals surface area contributed by atoms with E-state index in [0.717, 1.165) is 12.1 Å². The zero-order valence-corrected chi connectivity index (χ0v) is 14.1. The Balaban J connectivity index is 2.27. The Labute approximate surface area is 137 Å². The van der Waals surface area contributed by atoms with Crippen molar-refractivity contribution in [3.63, 3.8) is 0 Å². The minimum Gasteiger partial charge on any atom is -0.310 e. The lowest BCUT2D eigenvalue weighted by Gasteiger charge is -2.19. The van der Waals surface area contributed by atoms with Crippen LogP contribution in [0, 0.1) is 9.39 Å². The first kappa shape index (κ1) is 15.7. The fourth-order valence-electron chi connectivity index (χ4n) is 2.20. The van der Waals surface area contributed by atoms with Crippen molar-refractivity contribution in [2.24, 2.45) is 0 Å². The summed E-state index contributed by atoms with van der Waals surface area (Å²) in [7, 11) is 0. The van der Waals surface area contributed by atoms with Gasteiger partial charge in [0.15, 0.2) is 0 Å². The molecule has 0 spiro atoms. The summed E-state index contributed by atoms with van der Waals surface area (Å²) in [5.74, 6) is -0.248. The van der Waals surface area contributed by atoms with E-state index in [9.17, 15) is 4.39 Å². The molecule has 4 heteroatoms. The van der Waals surface area contributed by atoms with Gasteiger partial charge < -0.3 is 5.32 Å². The minimum atomic E-state index is -0.248. The number of hydrogen-bond acceptors (Lipinski definition) is 1. The molecule has 20 heavy (non-hydrogen) atoms. The highest BCUT2D eigenvalue weighted by molar-refractivity contribution is 14.1. The van der Waals surface area contributed by atoms with E-state index in [1.807, 2.05) is 6.07 Å². The summed E-state index contributed by atoms with van der Waals surface area (Å²) in [6, 6.07) is 13.0. The lowest BCUT2D eigenvalue weighted by molar-refractivity contribution is 0.546. The van der Waals surface area contributed by atoms with Crippen LogP contribution in [-0.4, -0.2) is 6.54 Å². The van der Waals surface area contributed by atoms with Crippen molar-refractivity contribution in [2.75, 3.05) is 6.54 Å². The van der Waals surface area contributed by atoms with Gasteiger partial charge >= 0.3 is 0 Å². The van der Waals surface area contributed by atoms with Gasteiger partial charge in [-0.1, -0.05) is 30.7 Å². The molecule has 2 aromatic rings. The van der Waals surface area contributed by atoms with Crippen LogP contribution in [-0.2, 0) is 6.42 Å². The van der Waals surface area contributed by atoms with Gasteiger partial charge in [-0.15, -0.1) is 0 Å². The largest absolute Gasteiger partial charge is 0.310 e. The average Bonchev–Trinajstić information content (AvgIpc) is 2.42. The molecule has 1 unspecified atom stereocenters. The number of likely N-dealkylation sites (N-methyl/N-ethyl adjacent to an activating group) is 1. The summed E-state index contributed by atoms with van der Waals surface area (Å²) in [5, 5.41) is 4.05. The Bertz CT molecular complexity index is 588. The Hall–Kier alpha value is -0.650. The number of hydrogen-bond donors (Lipinski definition) is 1. The molecule has 0 fully saturated rings.